The van der Waals surface area contributed by atoms with Crippen LogP contribution >= 0.6 is 15.9 Å². The summed E-state index contributed by atoms with van der Waals surface area (Å²) in [5, 5.41) is 0. The van der Waals surface area contributed by atoms with E-state index in [4.69, 9.17) is 4.74 Å². The molecule has 0 aromatic carbocycles. The van der Waals surface area contributed by atoms with Gasteiger partial charge in [-0.2, -0.15) is 0 Å². The van der Waals surface area contributed by atoms with E-state index in [0.29, 0.717) is 16.9 Å². The van der Waals surface area contributed by atoms with Crippen molar-refractivity contribution in [1.29, 1.82) is 0 Å². The Morgan fingerprint density at radius 1 is 1.46 bits per heavy atom. The number of nitrogens with zero attached hydrogens (tertiary/aromatic N) is 2. The van der Waals surface area contributed by atoms with Gasteiger partial charge in [0.15, 0.2) is 10.5 Å². The molecule has 0 saturated carbocycles. The zero-order chi connectivity index (χ0) is 9.26. The molecule has 0 aliphatic carbocycles. The van der Waals surface area contributed by atoms with Crippen molar-refractivity contribution >= 4 is 21.9 Å². The minimum Gasteiger partial charge on any atom is -0.423 e. The van der Waals surface area contributed by atoms with Gasteiger partial charge >= 0.3 is 5.97 Å². The smallest absolute Gasteiger partial charge is 0.311 e. The summed E-state index contributed by atoms with van der Waals surface area (Å²) in [5.41, 5.74) is 0.799. The van der Waals surface area contributed by atoms with Gasteiger partial charge in [0, 0.05) is 6.42 Å². The molecule has 0 radical (unpaired) electrons. The van der Waals surface area contributed by atoms with Crippen LogP contribution in [0, 0.1) is 0 Å². The molecule has 0 fully saturated rings. The number of esters is 1. The zero-order valence-electron chi connectivity index (χ0n) is 6.79. The normalized spacial score (nSPS) is 15.9. The van der Waals surface area contributed by atoms with E-state index >= 15 is 0 Å². The molecule has 2 heterocycles. The number of carbonyl (C=O) groups is 1. The number of fused-ring (bicyclic) bond motifs is 1. The van der Waals surface area contributed by atoms with Crippen molar-refractivity contribution in [3.8, 4) is 5.75 Å². The van der Waals surface area contributed by atoms with Gasteiger partial charge in [-0.05, 0) is 28.8 Å². The lowest BCUT2D eigenvalue weighted by Gasteiger charge is -2.02. The van der Waals surface area contributed by atoms with E-state index in [2.05, 4.69) is 25.9 Å². The van der Waals surface area contributed by atoms with E-state index in [9.17, 15) is 4.79 Å². The summed E-state index contributed by atoms with van der Waals surface area (Å²) in [6.07, 6.45) is 3.53. The fourth-order valence-corrected chi connectivity index (χ4v) is 1.54. The Morgan fingerprint density at radius 3 is 3.15 bits per heavy atom. The number of halogens is 1. The molecule has 2 rings (SSSR count). The van der Waals surface area contributed by atoms with Gasteiger partial charge < -0.3 is 4.74 Å². The Bertz CT molecular complexity index is 354. The van der Waals surface area contributed by atoms with Crippen LogP contribution in [-0.4, -0.2) is 15.9 Å². The number of carbonyl (C=O) groups excluding carboxylic acids is 1. The van der Waals surface area contributed by atoms with Crippen LogP contribution in [0.5, 0.6) is 5.75 Å². The molecule has 0 N–H and O–H groups in total. The predicted octanol–water partition coefficient (Wildman–Crippen LogP) is 1.48. The molecule has 5 heteroatoms. The Labute approximate surface area is 83.5 Å². The average molecular weight is 243 g/mol. The summed E-state index contributed by atoms with van der Waals surface area (Å²) < 4.78 is 5.56. The second-order valence-electron chi connectivity index (χ2n) is 2.78. The lowest BCUT2D eigenvalue weighted by atomic mass is 10.2. The summed E-state index contributed by atoms with van der Waals surface area (Å²) in [4.78, 5) is 19.1. The van der Waals surface area contributed by atoms with E-state index in [1.165, 1.54) is 6.20 Å². The Balaban J connectivity index is 2.40. The fourth-order valence-electron chi connectivity index (χ4n) is 1.22. The molecular weight excluding hydrogens is 236 g/mol. The summed E-state index contributed by atoms with van der Waals surface area (Å²) >= 11 is 3.17. The van der Waals surface area contributed by atoms with Crippen molar-refractivity contribution in [1.82, 2.24) is 9.97 Å². The first-order valence-electron chi connectivity index (χ1n) is 3.98. The van der Waals surface area contributed by atoms with Crippen LogP contribution in [-0.2, 0) is 11.2 Å². The highest BCUT2D eigenvalue weighted by Crippen LogP contribution is 2.22. The van der Waals surface area contributed by atoms with E-state index < -0.39 is 0 Å². The molecule has 4 nitrogen and oxygen atoms in total. The molecule has 1 aromatic heterocycles. The molecule has 1 aliphatic heterocycles. The molecular formula is C8H7BrN2O2. The van der Waals surface area contributed by atoms with Crippen LogP contribution in [0.4, 0.5) is 0 Å². The minimum absolute atomic E-state index is 0.204. The van der Waals surface area contributed by atoms with Crippen LogP contribution in [0.15, 0.2) is 10.9 Å². The summed E-state index contributed by atoms with van der Waals surface area (Å²) in [6.45, 7) is 0. The summed E-state index contributed by atoms with van der Waals surface area (Å²) in [6, 6.07) is 0. The van der Waals surface area contributed by atoms with Crippen molar-refractivity contribution in [2.24, 2.45) is 0 Å². The van der Waals surface area contributed by atoms with Gasteiger partial charge in [-0.25, -0.2) is 9.97 Å². The summed E-state index contributed by atoms with van der Waals surface area (Å²) in [5.74, 6) is 0.287. The number of aromatic nitrogens is 2. The van der Waals surface area contributed by atoms with Gasteiger partial charge in [0.1, 0.15) is 0 Å². The van der Waals surface area contributed by atoms with Crippen LogP contribution in [0.25, 0.3) is 0 Å². The third-order valence-corrected chi connectivity index (χ3v) is 2.20. The maximum absolute atomic E-state index is 11.0. The Morgan fingerprint density at radius 2 is 2.31 bits per heavy atom. The van der Waals surface area contributed by atoms with Gasteiger partial charge in [-0.15, -0.1) is 0 Å². The van der Waals surface area contributed by atoms with Gasteiger partial charge in [-0.1, -0.05) is 0 Å². The van der Waals surface area contributed by atoms with E-state index in [1.54, 1.807) is 0 Å². The molecule has 0 amide bonds. The van der Waals surface area contributed by atoms with Gasteiger partial charge in [-0.3, -0.25) is 4.79 Å². The van der Waals surface area contributed by atoms with Gasteiger partial charge in [0.05, 0.1) is 11.9 Å². The first kappa shape index (κ1) is 8.62. The summed E-state index contributed by atoms with van der Waals surface area (Å²) in [7, 11) is 0. The first-order valence-corrected chi connectivity index (χ1v) is 4.77. The molecule has 0 spiro atoms. The average Bonchev–Trinajstić information content (AvgIpc) is 2.25. The number of hydrogen-bond acceptors (Lipinski definition) is 4. The van der Waals surface area contributed by atoms with Crippen molar-refractivity contribution in [2.45, 2.75) is 19.3 Å². The van der Waals surface area contributed by atoms with Crippen LogP contribution in [0.1, 0.15) is 18.5 Å². The fraction of sp³-hybridized carbons (Fsp3) is 0.375. The molecule has 1 aliphatic rings. The van der Waals surface area contributed by atoms with E-state index in [-0.39, 0.29) is 5.97 Å². The van der Waals surface area contributed by atoms with Crippen molar-refractivity contribution in [2.75, 3.05) is 0 Å². The first-order chi connectivity index (χ1) is 6.25. The second-order valence-corrected chi connectivity index (χ2v) is 3.49. The lowest BCUT2D eigenvalue weighted by molar-refractivity contribution is -0.134. The molecule has 0 bridgehead atoms. The quantitative estimate of drug-likeness (QED) is 0.511. The van der Waals surface area contributed by atoms with Gasteiger partial charge in [0.25, 0.3) is 0 Å². The third-order valence-electron chi connectivity index (χ3n) is 1.82. The number of aryl methyl sites for hydroxylation is 1. The van der Waals surface area contributed by atoms with Crippen molar-refractivity contribution in [3.05, 3.63) is 16.6 Å². The highest BCUT2D eigenvalue weighted by atomic mass is 79.9. The van der Waals surface area contributed by atoms with E-state index in [0.717, 1.165) is 18.5 Å². The highest BCUT2D eigenvalue weighted by molar-refractivity contribution is 9.10. The maximum Gasteiger partial charge on any atom is 0.311 e. The molecule has 0 atom stereocenters. The lowest BCUT2D eigenvalue weighted by Crippen LogP contribution is -2.05. The zero-order valence-corrected chi connectivity index (χ0v) is 8.37. The third kappa shape index (κ3) is 1.85. The molecule has 0 unspecified atom stereocenters. The second kappa shape index (κ2) is 3.41. The van der Waals surface area contributed by atoms with Crippen molar-refractivity contribution < 1.29 is 9.53 Å². The Kier molecular flexibility index (Phi) is 2.26. The largest absolute Gasteiger partial charge is 0.423 e. The standard InChI is InChI=1S/C8H7BrN2O2/c9-8-10-4-6-5(11-8)2-1-3-7(12)13-6/h4H,1-3H2. The van der Waals surface area contributed by atoms with E-state index in [1.807, 2.05) is 0 Å². The maximum atomic E-state index is 11.0. The van der Waals surface area contributed by atoms with Crippen LogP contribution in [0.3, 0.4) is 0 Å². The predicted molar refractivity (Wildman–Crippen MR) is 48.3 cm³/mol. The minimum atomic E-state index is -0.204. The monoisotopic (exact) mass is 242 g/mol. The van der Waals surface area contributed by atoms with Crippen molar-refractivity contribution in [3.63, 3.8) is 0 Å². The van der Waals surface area contributed by atoms with Gasteiger partial charge in [0.2, 0.25) is 0 Å². The topological polar surface area (TPSA) is 52.1 Å². The number of ether oxygens (including phenoxy) is 1. The highest BCUT2D eigenvalue weighted by Gasteiger charge is 2.16. The van der Waals surface area contributed by atoms with Crippen LogP contribution in [0.2, 0.25) is 0 Å². The SMILES string of the molecule is O=C1CCCc2nc(Br)ncc2O1. The Hall–Kier alpha value is -0.970. The molecule has 1 aromatic rings. The molecule has 0 saturated heterocycles. The molecule has 68 valence electrons. The number of rotatable bonds is 0. The van der Waals surface area contributed by atoms with Crippen LogP contribution < -0.4 is 4.74 Å². The molecule has 13 heavy (non-hydrogen) atoms. The number of hydrogen-bond donors (Lipinski definition) is 0.